The molecule has 0 bridgehead atoms. The third-order valence-corrected chi connectivity index (χ3v) is 5.96. The van der Waals surface area contributed by atoms with Crippen molar-refractivity contribution in [1.82, 2.24) is 0 Å². The summed E-state index contributed by atoms with van der Waals surface area (Å²) in [6, 6.07) is 30.6. The van der Waals surface area contributed by atoms with Gasteiger partial charge in [-0.1, -0.05) is 66.7 Å². The van der Waals surface area contributed by atoms with Crippen molar-refractivity contribution < 1.29 is 0 Å². The zero-order chi connectivity index (χ0) is 18.5. The van der Waals surface area contributed by atoms with Gasteiger partial charge < -0.3 is 0 Å². The van der Waals surface area contributed by atoms with Crippen molar-refractivity contribution in [3.05, 3.63) is 113 Å². The number of benzene rings is 4. The molecule has 2 aliphatic carbocycles. The van der Waals surface area contributed by atoms with Crippen LogP contribution in [0.5, 0.6) is 0 Å². The van der Waals surface area contributed by atoms with E-state index in [2.05, 4.69) is 84.9 Å². The minimum atomic E-state index is 1.01. The molecule has 0 aliphatic heterocycles. The molecule has 6 rings (SSSR count). The van der Waals surface area contributed by atoms with Gasteiger partial charge in [-0.2, -0.15) is 0 Å². The smallest absolute Gasteiger partial charge is 0.0633 e. The van der Waals surface area contributed by atoms with Crippen LogP contribution in [0.4, 0.5) is 5.69 Å². The maximum Gasteiger partial charge on any atom is 0.0633 e. The van der Waals surface area contributed by atoms with Gasteiger partial charge in [0.05, 0.1) is 5.69 Å². The van der Waals surface area contributed by atoms with E-state index in [1.807, 2.05) is 6.21 Å². The van der Waals surface area contributed by atoms with E-state index in [9.17, 15) is 0 Å². The van der Waals surface area contributed by atoms with Crippen molar-refractivity contribution in [1.29, 1.82) is 0 Å². The monoisotopic (exact) mass is 357 g/mol. The summed E-state index contributed by atoms with van der Waals surface area (Å²) in [4.78, 5) is 4.77. The highest BCUT2D eigenvalue weighted by atomic mass is 14.7. The molecule has 1 nitrogen and oxygen atoms in total. The number of hydrogen-bond donors (Lipinski definition) is 0. The van der Waals surface area contributed by atoms with E-state index in [0.717, 1.165) is 24.1 Å². The number of aliphatic imine (C=N–C) groups is 1. The zero-order valence-corrected chi connectivity index (χ0v) is 15.5. The van der Waals surface area contributed by atoms with Crippen molar-refractivity contribution in [3.63, 3.8) is 0 Å². The molecule has 0 saturated heterocycles. The summed E-state index contributed by atoms with van der Waals surface area (Å²) in [6.07, 6.45) is 4.02. The molecule has 0 fully saturated rings. The summed E-state index contributed by atoms with van der Waals surface area (Å²) in [5.41, 5.74) is 13.3. The van der Waals surface area contributed by atoms with E-state index in [-0.39, 0.29) is 0 Å². The second-order valence-corrected chi connectivity index (χ2v) is 7.68. The molecule has 0 radical (unpaired) electrons. The molecule has 0 atom stereocenters. The lowest BCUT2D eigenvalue weighted by atomic mass is 10.0. The minimum absolute atomic E-state index is 1.01. The Morgan fingerprint density at radius 3 is 1.82 bits per heavy atom. The fourth-order valence-corrected chi connectivity index (χ4v) is 4.61. The fourth-order valence-electron chi connectivity index (χ4n) is 4.61. The normalized spacial score (nSPS) is 13.3. The fraction of sp³-hybridized carbons (Fsp3) is 0.0741. The molecule has 0 heterocycles. The standard InChI is InChI=1S/C27H19N/c1-3-7-24-19(5-1)14-21-13-18(9-11-26(21)24)17-28-23-10-12-27-22(16-23)15-20-6-2-4-8-25(20)27/h1-13,16-17H,14-15H2. The molecule has 4 aromatic rings. The SMILES string of the molecule is C(=Nc1ccc2c(c1)Cc1ccccc1-2)c1ccc2c(c1)Cc1ccccc1-2. The maximum absolute atomic E-state index is 4.77. The number of fused-ring (bicyclic) bond motifs is 6. The second kappa shape index (κ2) is 6.03. The lowest BCUT2D eigenvalue weighted by Gasteiger charge is -2.03. The molecule has 0 amide bonds. The Hall–Kier alpha value is -3.45. The van der Waals surface area contributed by atoms with E-state index in [4.69, 9.17) is 4.99 Å². The molecule has 4 aromatic carbocycles. The van der Waals surface area contributed by atoms with Gasteiger partial charge >= 0.3 is 0 Å². The van der Waals surface area contributed by atoms with Crippen molar-refractivity contribution in [2.24, 2.45) is 4.99 Å². The highest BCUT2D eigenvalue weighted by Gasteiger charge is 2.18. The predicted molar refractivity (Wildman–Crippen MR) is 117 cm³/mol. The second-order valence-electron chi connectivity index (χ2n) is 7.68. The van der Waals surface area contributed by atoms with Crippen LogP contribution >= 0.6 is 0 Å². The van der Waals surface area contributed by atoms with Gasteiger partial charge in [0.25, 0.3) is 0 Å². The Bertz CT molecular complexity index is 1160. The molecule has 132 valence electrons. The molecule has 28 heavy (non-hydrogen) atoms. The summed E-state index contributed by atoms with van der Waals surface area (Å²) in [5, 5.41) is 0. The Morgan fingerprint density at radius 1 is 0.536 bits per heavy atom. The molecule has 0 N–H and O–H groups in total. The lowest BCUT2D eigenvalue weighted by Crippen LogP contribution is -1.86. The average Bonchev–Trinajstić information content (AvgIpc) is 3.29. The van der Waals surface area contributed by atoms with E-state index in [1.165, 1.54) is 44.5 Å². The van der Waals surface area contributed by atoms with Crippen LogP contribution in [-0.2, 0) is 12.8 Å². The summed E-state index contributed by atoms with van der Waals surface area (Å²) >= 11 is 0. The minimum Gasteiger partial charge on any atom is -0.256 e. The quantitative estimate of drug-likeness (QED) is 0.310. The number of rotatable bonds is 2. The molecule has 0 aromatic heterocycles. The van der Waals surface area contributed by atoms with Gasteiger partial charge in [0.15, 0.2) is 0 Å². The first-order chi connectivity index (χ1) is 13.8. The Morgan fingerprint density at radius 2 is 1.11 bits per heavy atom. The van der Waals surface area contributed by atoms with E-state index < -0.39 is 0 Å². The molecule has 1 heteroatoms. The van der Waals surface area contributed by atoms with Crippen LogP contribution < -0.4 is 0 Å². The maximum atomic E-state index is 4.77. The topological polar surface area (TPSA) is 12.4 Å². The zero-order valence-electron chi connectivity index (χ0n) is 15.5. The summed E-state index contributed by atoms with van der Waals surface area (Å²) in [7, 11) is 0. The van der Waals surface area contributed by atoms with Gasteiger partial charge in [0, 0.05) is 6.21 Å². The first-order valence-electron chi connectivity index (χ1n) is 9.82. The van der Waals surface area contributed by atoms with Gasteiger partial charge in [0.2, 0.25) is 0 Å². The van der Waals surface area contributed by atoms with Crippen molar-refractivity contribution in [3.8, 4) is 22.3 Å². The summed E-state index contributed by atoms with van der Waals surface area (Å²) in [5.74, 6) is 0. The third-order valence-electron chi connectivity index (χ3n) is 5.96. The predicted octanol–water partition coefficient (Wildman–Crippen LogP) is 6.58. The number of nitrogens with zero attached hydrogens (tertiary/aromatic N) is 1. The molecule has 0 unspecified atom stereocenters. The van der Waals surface area contributed by atoms with Crippen LogP contribution in [-0.4, -0.2) is 6.21 Å². The van der Waals surface area contributed by atoms with Crippen LogP contribution in [0, 0.1) is 0 Å². The van der Waals surface area contributed by atoms with Gasteiger partial charge in [0.1, 0.15) is 0 Å². The van der Waals surface area contributed by atoms with Gasteiger partial charge in [-0.25, -0.2) is 0 Å². The van der Waals surface area contributed by atoms with Crippen LogP contribution in [0.2, 0.25) is 0 Å². The number of hydrogen-bond acceptors (Lipinski definition) is 1. The summed E-state index contributed by atoms with van der Waals surface area (Å²) < 4.78 is 0. The molecular formula is C27H19N. The Kier molecular flexibility index (Phi) is 3.36. The van der Waals surface area contributed by atoms with Gasteiger partial charge in [-0.3, -0.25) is 4.99 Å². The first kappa shape index (κ1) is 15.6. The Balaban J connectivity index is 1.29. The molecule has 0 spiro atoms. The molecule has 0 saturated carbocycles. The van der Waals surface area contributed by atoms with Crippen LogP contribution in [0.25, 0.3) is 22.3 Å². The average molecular weight is 357 g/mol. The molecular weight excluding hydrogens is 338 g/mol. The van der Waals surface area contributed by atoms with Gasteiger partial charge in [-0.15, -0.1) is 0 Å². The van der Waals surface area contributed by atoms with Gasteiger partial charge in [-0.05, 0) is 81.1 Å². The van der Waals surface area contributed by atoms with E-state index >= 15 is 0 Å². The Labute approximate surface area is 165 Å². The summed E-state index contributed by atoms with van der Waals surface area (Å²) in [6.45, 7) is 0. The van der Waals surface area contributed by atoms with Crippen molar-refractivity contribution in [2.45, 2.75) is 12.8 Å². The van der Waals surface area contributed by atoms with E-state index in [0.29, 0.717) is 0 Å². The largest absolute Gasteiger partial charge is 0.256 e. The third kappa shape index (κ3) is 2.44. The van der Waals surface area contributed by atoms with Crippen LogP contribution in [0.1, 0.15) is 27.8 Å². The van der Waals surface area contributed by atoms with Crippen molar-refractivity contribution in [2.75, 3.05) is 0 Å². The highest BCUT2D eigenvalue weighted by molar-refractivity contribution is 5.86. The van der Waals surface area contributed by atoms with Crippen LogP contribution in [0.15, 0.2) is 89.9 Å². The first-order valence-corrected chi connectivity index (χ1v) is 9.82. The lowest BCUT2D eigenvalue weighted by molar-refractivity contribution is 1.26. The van der Waals surface area contributed by atoms with Crippen molar-refractivity contribution >= 4 is 11.9 Å². The molecule has 2 aliphatic rings. The van der Waals surface area contributed by atoms with E-state index in [1.54, 1.807) is 0 Å². The van der Waals surface area contributed by atoms with Crippen LogP contribution in [0.3, 0.4) is 0 Å². The highest BCUT2D eigenvalue weighted by Crippen LogP contribution is 2.38.